The van der Waals surface area contributed by atoms with Gasteiger partial charge in [0.1, 0.15) is 0 Å². The lowest BCUT2D eigenvalue weighted by Gasteiger charge is -2.33. The molecule has 1 aromatic rings. The second kappa shape index (κ2) is 5.03. The third kappa shape index (κ3) is 2.94. The number of carbonyl (C=O) groups excluding carboxylic acids is 1. The highest BCUT2D eigenvalue weighted by atomic mass is 35.5. The lowest BCUT2D eigenvalue weighted by molar-refractivity contribution is -0.121. The molecule has 0 spiro atoms. The first-order valence-corrected chi connectivity index (χ1v) is 6.30. The molecule has 1 amide bonds. The van der Waals surface area contributed by atoms with Crippen molar-refractivity contribution in [1.82, 2.24) is 4.90 Å². The number of hydrogen-bond donors (Lipinski definition) is 1. The molecule has 1 aliphatic heterocycles. The van der Waals surface area contributed by atoms with E-state index in [1.807, 2.05) is 0 Å². The van der Waals surface area contributed by atoms with Crippen molar-refractivity contribution in [1.29, 1.82) is 0 Å². The molecule has 6 heteroatoms. The fraction of sp³-hybridized carbons (Fsp3) is 0.417. The van der Waals surface area contributed by atoms with E-state index in [4.69, 9.17) is 23.2 Å². The molecular weight excluding hydrogens is 280 g/mol. The first-order valence-electron chi connectivity index (χ1n) is 5.55. The van der Waals surface area contributed by atoms with Gasteiger partial charge in [0.15, 0.2) is 0 Å². The van der Waals surface area contributed by atoms with Crippen molar-refractivity contribution < 1.29 is 14.3 Å². The second-order valence-electron chi connectivity index (χ2n) is 4.34. The highest BCUT2D eigenvalue weighted by molar-refractivity contribution is 6.42. The van der Waals surface area contributed by atoms with Crippen molar-refractivity contribution in [2.75, 3.05) is 13.1 Å². The number of benzene rings is 1. The number of nitrogens with zero attached hydrogens (tertiary/aromatic N) is 1. The summed E-state index contributed by atoms with van der Waals surface area (Å²) in [5.74, 6) is -2.39. The quantitative estimate of drug-likeness (QED) is 0.864. The summed E-state index contributed by atoms with van der Waals surface area (Å²) in [5.41, 5.74) is 0.411. The van der Waals surface area contributed by atoms with E-state index >= 15 is 0 Å². The van der Waals surface area contributed by atoms with Crippen LogP contribution in [0.5, 0.6) is 0 Å². The molecule has 0 aromatic heterocycles. The zero-order valence-corrected chi connectivity index (χ0v) is 11.0. The Labute approximate surface area is 114 Å². The monoisotopic (exact) mass is 291 g/mol. The lowest BCUT2D eigenvalue weighted by atomic mass is 10.0. The Morgan fingerprint density at radius 1 is 1.28 bits per heavy atom. The molecule has 0 aliphatic carbocycles. The minimum absolute atomic E-state index is 0.0694. The van der Waals surface area contributed by atoms with Gasteiger partial charge in [0.05, 0.1) is 10.0 Å². The summed E-state index contributed by atoms with van der Waals surface area (Å²) in [6.45, 7) is 0.373. The van der Waals surface area contributed by atoms with Gasteiger partial charge in [0.25, 0.3) is 5.91 Å². The first-order chi connectivity index (χ1) is 8.39. The molecule has 1 fully saturated rings. The van der Waals surface area contributed by atoms with Crippen LogP contribution in [-0.2, 0) is 0 Å². The van der Waals surface area contributed by atoms with Crippen molar-refractivity contribution in [3.05, 3.63) is 33.8 Å². The minimum Gasteiger partial charge on any atom is -0.362 e. The molecule has 0 radical (unpaired) electrons. The summed E-state index contributed by atoms with van der Waals surface area (Å²) in [6.07, 6.45) is -0.139. The number of amides is 1. The van der Waals surface area contributed by atoms with E-state index in [-0.39, 0.29) is 31.8 Å². The molecule has 1 aliphatic rings. The molecule has 1 N–H and O–H groups in total. The van der Waals surface area contributed by atoms with Gasteiger partial charge in [0, 0.05) is 31.5 Å². The van der Waals surface area contributed by atoms with E-state index in [0.29, 0.717) is 15.6 Å². The molecule has 0 unspecified atom stereocenters. The van der Waals surface area contributed by atoms with E-state index in [0.717, 1.165) is 0 Å². The Bertz CT molecular complexity index is 469. The molecule has 18 heavy (non-hydrogen) atoms. The average molecular weight is 292 g/mol. The largest absolute Gasteiger partial charge is 0.362 e. The predicted molar refractivity (Wildman–Crippen MR) is 67.7 cm³/mol. The van der Waals surface area contributed by atoms with E-state index < -0.39 is 5.85 Å². The van der Waals surface area contributed by atoms with Crippen molar-refractivity contribution in [3.63, 3.8) is 0 Å². The topological polar surface area (TPSA) is 40.5 Å². The highest BCUT2D eigenvalue weighted by Gasteiger charge is 2.33. The number of likely N-dealkylation sites (tertiary alicyclic amines) is 1. The van der Waals surface area contributed by atoms with Crippen LogP contribution in [0, 0.1) is 0 Å². The first kappa shape index (κ1) is 13.6. The van der Waals surface area contributed by atoms with Gasteiger partial charge < -0.3 is 10.0 Å². The van der Waals surface area contributed by atoms with Crippen molar-refractivity contribution in [3.8, 4) is 0 Å². The Kier molecular flexibility index (Phi) is 3.80. The van der Waals surface area contributed by atoms with Crippen molar-refractivity contribution in [2.24, 2.45) is 0 Å². The van der Waals surface area contributed by atoms with E-state index in [9.17, 15) is 14.3 Å². The summed E-state index contributed by atoms with van der Waals surface area (Å²) in [7, 11) is 0. The Balaban J connectivity index is 2.10. The summed E-state index contributed by atoms with van der Waals surface area (Å²) >= 11 is 11.6. The maximum atomic E-state index is 13.2. The fourth-order valence-corrected chi connectivity index (χ4v) is 2.16. The van der Waals surface area contributed by atoms with Gasteiger partial charge in [-0.05, 0) is 18.2 Å². The van der Waals surface area contributed by atoms with E-state index in [2.05, 4.69) is 0 Å². The number of aliphatic hydroxyl groups is 1. The van der Waals surface area contributed by atoms with Gasteiger partial charge in [0.2, 0.25) is 5.85 Å². The minimum atomic E-state index is -2.16. The molecule has 98 valence electrons. The van der Waals surface area contributed by atoms with Crippen LogP contribution in [0.25, 0.3) is 0 Å². The average Bonchev–Trinajstić information content (AvgIpc) is 2.32. The van der Waals surface area contributed by atoms with Crippen LogP contribution in [0.4, 0.5) is 4.39 Å². The van der Waals surface area contributed by atoms with Gasteiger partial charge in [-0.2, -0.15) is 0 Å². The van der Waals surface area contributed by atoms with Crippen molar-refractivity contribution >= 4 is 29.1 Å². The third-order valence-electron chi connectivity index (χ3n) is 2.98. The number of hydrogen-bond acceptors (Lipinski definition) is 2. The lowest BCUT2D eigenvalue weighted by Crippen LogP contribution is -2.44. The summed E-state index contributed by atoms with van der Waals surface area (Å²) in [6, 6.07) is 4.61. The molecule has 3 nitrogen and oxygen atoms in total. The van der Waals surface area contributed by atoms with Crippen LogP contribution >= 0.6 is 23.2 Å². The highest BCUT2D eigenvalue weighted by Crippen LogP contribution is 2.26. The Morgan fingerprint density at radius 2 is 1.89 bits per heavy atom. The van der Waals surface area contributed by atoms with Gasteiger partial charge in [-0.1, -0.05) is 23.2 Å². The molecule has 0 atom stereocenters. The summed E-state index contributed by atoms with van der Waals surface area (Å²) in [4.78, 5) is 13.6. The standard InChI is InChI=1S/C12H12Cl2FNO2/c13-9-2-1-8(7-10(9)14)11(17)16-5-3-12(15,18)4-6-16/h1-2,7,18H,3-6H2. The van der Waals surface area contributed by atoms with Crippen LogP contribution in [0.2, 0.25) is 10.0 Å². The number of rotatable bonds is 1. The molecule has 0 bridgehead atoms. The van der Waals surface area contributed by atoms with E-state index in [1.54, 1.807) is 12.1 Å². The van der Waals surface area contributed by atoms with Crippen LogP contribution in [0.15, 0.2) is 18.2 Å². The normalized spacial score (nSPS) is 18.8. The molecule has 1 saturated heterocycles. The van der Waals surface area contributed by atoms with Gasteiger partial charge in [-0.25, -0.2) is 4.39 Å². The second-order valence-corrected chi connectivity index (χ2v) is 5.15. The predicted octanol–water partition coefficient (Wildman–Crippen LogP) is 2.89. The van der Waals surface area contributed by atoms with Crippen LogP contribution < -0.4 is 0 Å². The number of carbonyl (C=O) groups is 1. The maximum Gasteiger partial charge on any atom is 0.253 e. The maximum absolute atomic E-state index is 13.2. The molecule has 1 heterocycles. The smallest absolute Gasteiger partial charge is 0.253 e. The molecule has 0 saturated carbocycles. The molecular formula is C12H12Cl2FNO2. The summed E-state index contributed by atoms with van der Waals surface area (Å²) < 4.78 is 13.2. The van der Waals surface area contributed by atoms with Crippen LogP contribution in [0.3, 0.4) is 0 Å². The van der Waals surface area contributed by atoms with Gasteiger partial charge in [-0.15, -0.1) is 0 Å². The van der Waals surface area contributed by atoms with E-state index in [1.165, 1.54) is 11.0 Å². The van der Waals surface area contributed by atoms with Crippen LogP contribution in [-0.4, -0.2) is 34.9 Å². The zero-order chi connectivity index (χ0) is 13.3. The SMILES string of the molecule is O=C(c1ccc(Cl)c(Cl)c1)N1CCC(O)(F)CC1. The number of halogens is 3. The zero-order valence-electron chi connectivity index (χ0n) is 9.50. The van der Waals surface area contributed by atoms with Gasteiger partial charge in [-0.3, -0.25) is 4.79 Å². The fourth-order valence-electron chi connectivity index (χ4n) is 1.86. The Hall–Kier alpha value is -0.840. The third-order valence-corrected chi connectivity index (χ3v) is 3.72. The van der Waals surface area contributed by atoms with Crippen molar-refractivity contribution in [2.45, 2.75) is 18.7 Å². The molecule has 1 aromatic carbocycles. The number of piperidine rings is 1. The Morgan fingerprint density at radius 3 is 2.44 bits per heavy atom. The van der Waals surface area contributed by atoms with Gasteiger partial charge >= 0.3 is 0 Å². The molecule has 2 rings (SSSR count). The number of alkyl halides is 1. The summed E-state index contributed by atoms with van der Waals surface area (Å²) in [5, 5.41) is 9.87. The van der Waals surface area contributed by atoms with Crippen LogP contribution in [0.1, 0.15) is 23.2 Å².